The van der Waals surface area contributed by atoms with Gasteiger partial charge in [0.2, 0.25) is 0 Å². The van der Waals surface area contributed by atoms with Crippen molar-refractivity contribution in [3.05, 3.63) is 0 Å². The average molecular weight is 240 g/mol. The van der Waals surface area contributed by atoms with Crippen LogP contribution < -0.4 is 0 Å². The van der Waals surface area contributed by atoms with E-state index in [4.69, 9.17) is 4.74 Å². The Morgan fingerprint density at radius 3 is 2.00 bits per heavy atom. The molecule has 100 valence electrons. The normalized spacial score (nSPS) is 14.1. The van der Waals surface area contributed by atoms with Crippen LogP contribution in [0.2, 0.25) is 0 Å². The molecule has 0 aliphatic rings. The molecule has 0 saturated heterocycles. The van der Waals surface area contributed by atoms with Gasteiger partial charge in [-0.2, -0.15) is 0 Å². The van der Waals surface area contributed by atoms with Crippen molar-refractivity contribution in [1.29, 1.82) is 0 Å². The molecule has 0 aromatic carbocycles. The summed E-state index contributed by atoms with van der Waals surface area (Å²) in [5.74, 6) is 6.25. The fourth-order valence-electron chi connectivity index (χ4n) is 1.48. The van der Waals surface area contributed by atoms with Crippen molar-refractivity contribution in [2.45, 2.75) is 72.5 Å². The zero-order valence-corrected chi connectivity index (χ0v) is 12.3. The molecule has 0 fully saturated rings. The maximum absolute atomic E-state index is 10.1. The van der Waals surface area contributed by atoms with E-state index >= 15 is 0 Å². The van der Waals surface area contributed by atoms with Gasteiger partial charge in [0.1, 0.15) is 6.10 Å². The molecule has 0 aromatic heterocycles. The van der Waals surface area contributed by atoms with E-state index in [-0.39, 0.29) is 11.5 Å². The van der Waals surface area contributed by atoms with Crippen molar-refractivity contribution in [3.8, 4) is 11.8 Å². The SMILES string of the molecule is CCOC(C#CCC(O)(CC)CC)C(C)(C)C. The van der Waals surface area contributed by atoms with Gasteiger partial charge in [0, 0.05) is 13.0 Å². The van der Waals surface area contributed by atoms with Crippen molar-refractivity contribution in [3.63, 3.8) is 0 Å². The van der Waals surface area contributed by atoms with E-state index in [0.29, 0.717) is 13.0 Å². The monoisotopic (exact) mass is 240 g/mol. The molecule has 0 aliphatic carbocycles. The zero-order chi connectivity index (χ0) is 13.5. The number of aliphatic hydroxyl groups is 1. The molecule has 2 nitrogen and oxygen atoms in total. The van der Waals surface area contributed by atoms with Crippen LogP contribution in [0.15, 0.2) is 0 Å². The Morgan fingerprint density at radius 2 is 1.65 bits per heavy atom. The molecule has 0 radical (unpaired) electrons. The van der Waals surface area contributed by atoms with Crippen molar-refractivity contribution in [2.75, 3.05) is 6.61 Å². The summed E-state index contributed by atoms with van der Waals surface area (Å²) in [5, 5.41) is 10.1. The Bertz CT molecular complexity index is 261. The maximum Gasteiger partial charge on any atom is 0.122 e. The predicted octanol–water partition coefficient (Wildman–Crippen LogP) is 3.38. The smallest absolute Gasteiger partial charge is 0.122 e. The molecule has 17 heavy (non-hydrogen) atoms. The van der Waals surface area contributed by atoms with Crippen LogP contribution in [-0.2, 0) is 4.74 Å². The van der Waals surface area contributed by atoms with E-state index in [2.05, 4.69) is 32.6 Å². The number of ether oxygens (including phenoxy) is 1. The Labute approximate surface area is 107 Å². The molecule has 0 saturated carbocycles. The van der Waals surface area contributed by atoms with E-state index in [1.807, 2.05) is 20.8 Å². The van der Waals surface area contributed by atoms with Crippen LogP contribution in [0.1, 0.15) is 60.8 Å². The molecule has 0 heterocycles. The summed E-state index contributed by atoms with van der Waals surface area (Å²) in [6, 6.07) is 0. The van der Waals surface area contributed by atoms with Crippen LogP contribution in [0.5, 0.6) is 0 Å². The zero-order valence-electron chi connectivity index (χ0n) is 12.3. The molecule has 0 rings (SSSR count). The Morgan fingerprint density at radius 1 is 1.12 bits per heavy atom. The van der Waals surface area contributed by atoms with Crippen LogP contribution in [0.4, 0.5) is 0 Å². The van der Waals surface area contributed by atoms with Gasteiger partial charge in [-0.1, -0.05) is 46.5 Å². The summed E-state index contributed by atoms with van der Waals surface area (Å²) in [5.41, 5.74) is -0.624. The fraction of sp³-hybridized carbons (Fsp3) is 0.867. The summed E-state index contributed by atoms with van der Waals surface area (Å²) in [6.45, 7) is 13.0. The third-order valence-electron chi connectivity index (χ3n) is 3.09. The minimum absolute atomic E-state index is 0.0134. The minimum Gasteiger partial charge on any atom is -0.389 e. The molecule has 0 spiro atoms. The van der Waals surface area contributed by atoms with Crippen molar-refractivity contribution in [2.24, 2.45) is 5.41 Å². The van der Waals surface area contributed by atoms with Crippen molar-refractivity contribution >= 4 is 0 Å². The summed E-state index contributed by atoms with van der Waals surface area (Å²) < 4.78 is 5.63. The van der Waals surface area contributed by atoms with Crippen molar-refractivity contribution in [1.82, 2.24) is 0 Å². The maximum atomic E-state index is 10.1. The summed E-state index contributed by atoms with van der Waals surface area (Å²) >= 11 is 0. The van der Waals surface area contributed by atoms with Crippen LogP contribution in [0.25, 0.3) is 0 Å². The lowest BCUT2D eigenvalue weighted by Gasteiger charge is -2.26. The second-order valence-corrected chi connectivity index (χ2v) is 5.63. The highest BCUT2D eigenvalue weighted by Gasteiger charge is 2.24. The molecule has 2 heteroatoms. The quantitative estimate of drug-likeness (QED) is 0.746. The number of hydrogen-bond donors (Lipinski definition) is 1. The first-order chi connectivity index (χ1) is 7.79. The largest absolute Gasteiger partial charge is 0.389 e. The molecule has 1 atom stereocenters. The highest BCUT2D eigenvalue weighted by molar-refractivity contribution is 5.11. The second kappa shape index (κ2) is 7.03. The Kier molecular flexibility index (Phi) is 6.82. The Balaban J connectivity index is 4.58. The average Bonchev–Trinajstić information content (AvgIpc) is 2.26. The van der Waals surface area contributed by atoms with Crippen LogP contribution in [-0.4, -0.2) is 23.4 Å². The van der Waals surface area contributed by atoms with E-state index in [9.17, 15) is 5.11 Å². The lowest BCUT2D eigenvalue weighted by molar-refractivity contribution is 0.0275. The van der Waals surface area contributed by atoms with E-state index < -0.39 is 5.60 Å². The first kappa shape index (κ1) is 16.5. The van der Waals surface area contributed by atoms with E-state index in [0.717, 1.165) is 12.8 Å². The number of hydrogen-bond acceptors (Lipinski definition) is 2. The van der Waals surface area contributed by atoms with Gasteiger partial charge in [-0.25, -0.2) is 0 Å². The molecule has 0 aromatic rings. The summed E-state index contributed by atoms with van der Waals surface area (Å²) in [7, 11) is 0. The molecular weight excluding hydrogens is 212 g/mol. The fourth-order valence-corrected chi connectivity index (χ4v) is 1.48. The summed E-state index contributed by atoms with van der Waals surface area (Å²) in [4.78, 5) is 0. The molecule has 0 bridgehead atoms. The van der Waals surface area contributed by atoms with Crippen LogP contribution in [0, 0.1) is 17.3 Å². The first-order valence-corrected chi connectivity index (χ1v) is 6.61. The Hall–Kier alpha value is -0.520. The van der Waals surface area contributed by atoms with Gasteiger partial charge < -0.3 is 9.84 Å². The highest BCUT2D eigenvalue weighted by Crippen LogP contribution is 2.22. The summed E-state index contributed by atoms with van der Waals surface area (Å²) in [6.07, 6.45) is 1.95. The predicted molar refractivity (Wildman–Crippen MR) is 72.8 cm³/mol. The molecule has 0 aliphatic heterocycles. The van der Waals surface area contributed by atoms with Gasteiger partial charge in [-0.3, -0.25) is 0 Å². The second-order valence-electron chi connectivity index (χ2n) is 5.63. The van der Waals surface area contributed by atoms with E-state index in [1.54, 1.807) is 0 Å². The van der Waals surface area contributed by atoms with Gasteiger partial charge in [0.15, 0.2) is 0 Å². The van der Waals surface area contributed by atoms with Gasteiger partial charge in [0.25, 0.3) is 0 Å². The van der Waals surface area contributed by atoms with Gasteiger partial charge >= 0.3 is 0 Å². The van der Waals surface area contributed by atoms with Crippen LogP contribution >= 0.6 is 0 Å². The molecule has 1 N–H and O–H groups in total. The lowest BCUT2D eigenvalue weighted by atomic mass is 9.88. The number of rotatable bonds is 5. The minimum atomic E-state index is -0.637. The lowest BCUT2D eigenvalue weighted by Crippen LogP contribution is -2.29. The van der Waals surface area contributed by atoms with Gasteiger partial charge in [-0.15, -0.1) is 0 Å². The molecule has 1 unspecified atom stereocenters. The molecular formula is C15H28O2. The first-order valence-electron chi connectivity index (χ1n) is 6.61. The topological polar surface area (TPSA) is 29.5 Å². The highest BCUT2D eigenvalue weighted by atomic mass is 16.5. The third-order valence-corrected chi connectivity index (χ3v) is 3.09. The van der Waals surface area contributed by atoms with E-state index in [1.165, 1.54) is 0 Å². The van der Waals surface area contributed by atoms with Crippen molar-refractivity contribution < 1.29 is 9.84 Å². The van der Waals surface area contributed by atoms with Gasteiger partial charge in [-0.05, 0) is 25.2 Å². The van der Waals surface area contributed by atoms with Crippen LogP contribution in [0.3, 0.4) is 0 Å². The third kappa shape index (κ3) is 6.10. The molecule has 0 amide bonds. The standard InChI is InChI=1S/C15H28O2/c1-7-15(16,8-2)12-10-11-13(17-9-3)14(4,5)6/h13,16H,7-9,12H2,1-6H3. The van der Waals surface area contributed by atoms with Gasteiger partial charge in [0.05, 0.1) is 5.60 Å².